The third kappa shape index (κ3) is 7.01. The zero-order chi connectivity index (χ0) is 21.3. The van der Waals surface area contributed by atoms with E-state index in [1.54, 1.807) is 31.2 Å². The fourth-order valence-electron chi connectivity index (χ4n) is 2.46. The predicted molar refractivity (Wildman–Crippen MR) is 113 cm³/mol. The first-order valence-electron chi connectivity index (χ1n) is 9.28. The lowest BCUT2D eigenvalue weighted by Crippen LogP contribution is -2.26. The first-order valence-corrected chi connectivity index (χ1v) is 11.1. The highest BCUT2D eigenvalue weighted by Crippen LogP contribution is 2.28. The SMILES string of the molecule is CCOCCCNS(=O)(=O)c1ccc(OCC)c(NC(=O)c2ccc(Cl)cc2)c1. The van der Waals surface area contributed by atoms with Gasteiger partial charge in [0.05, 0.1) is 17.2 Å². The van der Waals surface area contributed by atoms with E-state index in [4.69, 9.17) is 21.1 Å². The van der Waals surface area contributed by atoms with E-state index in [2.05, 4.69) is 10.0 Å². The van der Waals surface area contributed by atoms with Gasteiger partial charge in [-0.15, -0.1) is 0 Å². The molecule has 0 saturated heterocycles. The van der Waals surface area contributed by atoms with Crippen LogP contribution in [-0.4, -0.2) is 40.7 Å². The molecule has 0 spiro atoms. The lowest BCUT2D eigenvalue weighted by Gasteiger charge is -2.14. The van der Waals surface area contributed by atoms with E-state index in [0.717, 1.165) is 0 Å². The van der Waals surface area contributed by atoms with Gasteiger partial charge in [0.25, 0.3) is 5.91 Å². The molecule has 0 aromatic heterocycles. The zero-order valence-electron chi connectivity index (χ0n) is 16.4. The average molecular weight is 441 g/mol. The second kappa shape index (κ2) is 11.2. The summed E-state index contributed by atoms with van der Waals surface area (Å²) in [4.78, 5) is 12.6. The van der Waals surface area contributed by atoms with Crippen LogP contribution in [0.25, 0.3) is 0 Å². The van der Waals surface area contributed by atoms with Gasteiger partial charge in [-0.25, -0.2) is 13.1 Å². The smallest absolute Gasteiger partial charge is 0.255 e. The number of anilines is 1. The van der Waals surface area contributed by atoms with E-state index in [1.165, 1.54) is 18.2 Å². The molecule has 158 valence electrons. The summed E-state index contributed by atoms with van der Waals surface area (Å²) in [6.07, 6.45) is 0.560. The number of carbonyl (C=O) groups excluding carboxylic acids is 1. The Hall–Kier alpha value is -2.13. The minimum Gasteiger partial charge on any atom is -0.492 e. The Morgan fingerprint density at radius 1 is 1.07 bits per heavy atom. The molecule has 0 bridgehead atoms. The molecule has 0 unspecified atom stereocenters. The Labute approximate surface area is 176 Å². The van der Waals surface area contributed by atoms with Gasteiger partial charge < -0.3 is 14.8 Å². The second-order valence-corrected chi connectivity index (χ2v) is 8.20. The summed E-state index contributed by atoms with van der Waals surface area (Å²) in [5, 5.41) is 3.22. The Kier molecular flexibility index (Phi) is 8.91. The minimum atomic E-state index is -3.74. The normalized spacial score (nSPS) is 11.3. The van der Waals surface area contributed by atoms with Crippen LogP contribution in [0.3, 0.4) is 0 Å². The number of sulfonamides is 1. The summed E-state index contributed by atoms with van der Waals surface area (Å²) in [5.41, 5.74) is 0.656. The molecule has 0 fully saturated rings. The molecule has 2 N–H and O–H groups in total. The van der Waals surface area contributed by atoms with Crippen LogP contribution >= 0.6 is 11.6 Å². The molecule has 2 aromatic rings. The minimum absolute atomic E-state index is 0.0313. The van der Waals surface area contributed by atoms with E-state index < -0.39 is 15.9 Å². The highest BCUT2D eigenvalue weighted by Gasteiger charge is 2.18. The summed E-state index contributed by atoms with van der Waals surface area (Å²) in [5.74, 6) is -0.0213. The molecule has 0 atom stereocenters. The van der Waals surface area contributed by atoms with Crippen LogP contribution in [-0.2, 0) is 14.8 Å². The molecule has 0 saturated carbocycles. The number of rotatable bonds is 11. The molecule has 0 heterocycles. The third-order valence-electron chi connectivity index (χ3n) is 3.88. The Balaban J connectivity index is 2.19. The fourth-order valence-corrected chi connectivity index (χ4v) is 3.69. The first kappa shape index (κ1) is 23.2. The lowest BCUT2D eigenvalue weighted by atomic mass is 10.2. The quantitative estimate of drug-likeness (QED) is 0.519. The summed E-state index contributed by atoms with van der Waals surface area (Å²) < 4.78 is 38.4. The zero-order valence-corrected chi connectivity index (χ0v) is 18.0. The molecule has 2 rings (SSSR count). The summed E-state index contributed by atoms with van der Waals surface area (Å²) in [6.45, 7) is 5.36. The molecule has 29 heavy (non-hydrogen) atoms. The topological polar surface area (TPSA) is 93.7 Å². The number of hydrogen-bond acceptors (Lipinski definition) is 5. The molecule has 0 aliphatic heterocycles. The van der Waals surface area contributed by atoms with Crippen molar-refractivity contribution in [3.05, 3.63) is 53.1 Å². The van der Waals surface area contributed by atoms with Gasteiger partial charge in [0.1, 0.15) is 5.75 Å². The predicted octanol–water partition coefficient (Wildman–Crippen LogP) is 3.70. The van der Waals surface area contributed by atoms with Crippen LogP contribution in [0.1, 0.15) is 30.6 Å². The van der Waals surface area contributed by atoms with Crippen molar-refractivity contribution in [2.75, 3.05) is 31.7 Å². The van der Waals surface area contributed by atoms with Crippen molar-refractivity contribution >= 4 is 33.2 Å². The maximum absolute atomic E-state index is 12.6. The van der Waals surface area contributed by atoms with Crippen LogP contribution in [0.4, 0.5) is 5.69 Å². The molecular weight excluding hydrogens is 416 g/mol. The average Bonchev–Trinajstić information content (AvgIpc) is 2.69. The number of amides is 1. The molecule has 0 radical (unpaired) electrons. The van der Waals surface area contributed by atoms with Gasteiger partial charge in [0.2, 0.25) is 10.0 Å². The Bertz CT molecular complexity index is 917. The van der Waals surface area contributed by atoms with Gasteiger partial charge in [-0.2, -0.15) is 0 Å². The van der Waals surface area contributed by atoms with Gasteiger partial charge in [-0.1, -0.05) is 11.6 Å². The molecular formula is C20H25ClN2O5S. The molecule has 7 nitrogen and oxygen atoms in total. The van der Waals surface area contributed by atoms with Crippen molar-refractivity contribution in [1.29, 1.82) is 0 Å². The van der Waals surface area contributed by atoms with E-state index in [9.17, 15) is 13.2 Å². The van der Waals surface area contributed by atoms with E-state index >= 15 is 0 Å². The molecule has 0 aliphatic carbocycles. The van der Waals surface area contributed by atoms with Crippen molar-refractivity contribution in [3.63, 3.8) is 0 Å². The van der Waals surface area contributed by atoms with Crippen molar-refractivity contribution in [1.82, 2.24) is 4.72 Å². The number of hydrogen-bond donors (Lipinski definition) is 2. The number of ether oxygens (including phenoxy) is 2. The number of nitrogens with one attached hydrogen (secondary N) is 2. The first-order chi connectivity index (χ1) is 13.9. The summed E-state index contributed by atoms with van der Waals surface area (Å²) in [6, 6.07) is 10.7. The highest BCUT2D eigenvalue weighted by atomic mass is 35.5. The van der Waals surface area contributed by atoms with E-state index in [1.807, 2.05) is 6.92 Å². The van der Waals surface area contributed by atoms with Crippen LogP contribution in [0.5, 0.6) is 5.75 Å². The number of carbonyl (C=O) groups is 1. The van der Waals surface area contributed by atoms with Gasteiger partial charge in [0, 0.05) is 30.3 Å². The van der Waals surface area contributed by atoms with Crippen molar-refractivity contribution < 1.29 is 22.7 Å². The maximum Gasteiger partial charge on any atom is 0.255 e. The second-order valence-electron chi connectivity index (χ2n) is 6.00. The monoisotopic (exact) mass is 440 g/mol. The van der Waals surface area contributed by atoms with Crippen molar-refractivity contribution in [2.45, 2.75) is 25.2 Å². The van der Waals surface area contributed by atoms with Crippen LogP contribution in [0, 0.1) is 0 Å². The number of benzene rings is 2. The van der Waals surface area contributed by atoms with E-state index in [0.29, 0.717) is 42.6 Å². The highest BCUT2D eigenvalue weighted by molar-refractivity contribution is 7.89. The van der Waals surface area contributed by atoms with Crippen molar-refractivity contribution in [3.8, 4) is 5.75 Å². The van der Waals surface area contributed by atoms with Gasteiger partial charge >= 0.3 is 0 Å². The van der Waals surface area contributed by atoms with Crippen LogP contribution in [0.2, 0.25) is 5.02 Å². The maximum atomic E-state index is 12.6. The fraction of sp³-hybridized carbons (Fsp3) is 0.350. The van der Waals surface area contributed by atoms with Crippen LogP contribution in [0.15, 0.2) is 47.4 Å². The van der Waals surface area contributed by atoms with Crippen LogP contribution < -0.4 is 14.8 Å². The summed E-state index contributed by atoms with van der Waals surface area (Å²) in [7, 11) is -3.74. The van der Waals surface area contributed by atoms with Gasteiger partial charge in [-0.05, 0) is 62.7 Å². The molecule has 2 aromatic carbocycles. The molecule has 1 amide bonds. The Morgan fingerprint density at radius 3 is 2.45 bits per heavy atom. The standard InChI is InChI=1S/C20H25ClN2O5S/c1-3-27-13-5-12-22-29(25,26)17-10-11-19(28-4-2)18(14-17)23-20(24)15-6-8-16(21)9-7-15/h6-11,14,22H,3-5,12-13H2,1-2H3,(H,23,24). The van der Waals surface area contributed by atoms with E-state index in [-0.39, 0.29) is 17.1 Å². The number of halogens is 1. The largest absolute Gasteiger partial charge is 0.492 e. The summed E-state index contributed by atoms with van der Waals surface area (Å²) >= 11 is 5.85. The molecule has 0 aliphatic rings. The third-order valence-corrected chi connectivity index (χ3v) is 5.59. The Morgan fingerprint density at radius 2 is 1.79 bits per heavy atom. The van der Waals surface area contributed by atoms with Gasteiger partial charge in [-0.3, -0.25) is 4.79 Å². The lowest BCUT2D eigenvalue weighted by molar-refractivity contribution is 0.102. The molecule has 9 heteroatoms. The van der Waals surface area contributed by atoms with Gasteiger partial charge in [0.15, 0.2) is 0 Å². The van der Waals surface area contributed by atoms with Crippen molar-refractivity contribution in [2.24, 2.45) is 0 Å².